The SMILES string of the molecule is Cc1ccc(CN2CCc3ccccc3C2)c(O)c1. The number of hydrogen-bond donors (Lipinski definition) is 1. The van der Waals surface area contributed by atoms with E-state index in [1.54, 1.807) is 0 Å². The van der Waals surface area contributed by atoms with Gasteiger partial charge >= 0.3 is 0 Å². The summed E-state index contributed by atoms with van der Waals surface area (Å²) in [6.07, 6.45) is 1.10. The minimum Gasteiger partial charge on any atom is -0.508 e. The average molecular weight is 253 g/mol. The predicted molar refractivity (Wildman–Crippen MR) is 77.1 cm³/mol. The molecule has 0 aliphatic carbocycles. The molecule has 0 spiro atoms. The van der Waals surface area contributed by atoms with Crippen LogP contribution in [0.15, 0.2) is 42.5 Å². The molecule has 0 fully saturated rings. The van der Waals surface area contributed by atoms with Crippen molar-refractivity contribution in [1.29, 1.82) is 0 Å². The Hall–Kier alpha value is -1.80. The quantitative estimate of drug-likeness (QED) is 0.888. The van der Waals surface area contributed by atoms with Crippen LogP contribution < -0.4 is 0 Å². The molecule has 1 aliphatic rings. The Morgan fingerprint density at radius 2 is 1.89 bits per heavy atom. The highest BCUT2D eigenvalue weighted by atomic mass is 16.3. The first kappa shape index (κ1) is 12.2. The van der Waals surface area contributed by atoms with E-state index in [9.17, 15) is 5.11 Å². The molecule has 2 heteroatoms. The molecule has 1 aliphatic heterocycles. The van der Waals surface area contributed by atoms with Crippen molar-refractivity contribution in [3.63, 3.8) is 0 Å². The van der Waals surface area contributed by atoms with Crippen LogP contribution in [0.3, 0.4) is 0 Å². The molecular weight excluding hydrogens is 234 g/mol. The third kappa shape index (κ3) is 2.64. The maximum absolute atomic E-state index is 9.99. The molecule has 19 heavy (non-hydrogen) atoms. The Labute approximate surface area is 114 Å². The van der Waals surface area contributed by atoms with Crippen LogP contribution in [0.1, 0.15) is 22.3 Å². The molecule has 0 saturated carbocycles. The summed E-state index contributed by atoms with van der Waals surface area (Å²) < 4.78 is 0. The normalized spacial score (nSPS) is 15.2. The minimum absolute atomic E-state index is 0.416. The van der Waals surface area contributed by atoms with Gasteiger partial charge in [0.25, 0.3) is 0 Å². The molecule has 1 N–H and O–H groups in total. The van der Waals surface area contributed by atoms with Gasteiger partial charge in [-0.25, -0.2) is 0 Å². The molecule has 0 unspecified atom stereocenters. The van der Waals surface area contributed by atoms with E-state index < -0.39 is 0 Å². The smallest absolute Gasteiger partial charge is 0.120 e. The zero-order valence-corrected chi connectivity index (χ0v) is 11.3. The molecule has 0 amide bonds. The van der Waals surface area contributed by atoms with Crippen LogP contribution in [0.5, 0.6) is 5.75 Å². The Bertz CT molecular complexity index is 592. The largest absolute Gasteiger partial charge is 0.508 e. The van der Waals surface area contributed by atoms with Crippen molar-refractivity contribution in [2.45, 2.75) is 26.4 Å². The highest BCUT2D eigenvalue weighted by molar-refractivity contribution is 5.36. The van der Waals surface area contributed by atoms with E-state index in [2.05, 4.69) is 35.2 Å². The third-order valence-electron chi connectivity index (χ3n) is 3.84. The van der Waals surface area contributed by atoms with E-state index in [-0.39, 0.29) is 0 Å². The van der Waals surface area contributed by atoms with Gasteiger partial charge in [0.1, 0.15) is 5.75 Å². The van der Waals surface area contributed by atoms with Gasteiger partial charge in [-0.15, -0.1) is 0 Å². The van der Waals surface area contributed by atoms with E-state index in [1.807, 2.05) is 19.1 Å². The van der Waals surface area contributed by atoms with Crippen LogP contribution in [0.2, 0.25) is 0 Å². The molecule has 98 valence electrons. The number of hydrogen-bond acceptors (Lipinski definition) is 2. The van der Waals surface area contributed by atoms with Crippen LogP contribution >= 0.6 is 0 Å². The molecule has 0 atom stereocenters. The first-order valence-corrected chi connectivity index (χ1v) is 6.80. The summed E-state index contributed by atoms with van der Waals surface area (Å²) in [7, 11) is 0. The summed E-state index contributed by atoms with van der Waals surface area (Å²) >= 11 is 0. The molecule has 0 radical (unpaired) electrons. The van der Waals surface area contributed by atoms with Gasteiger partial charge < -0.3 is 5.11 Å². The van der Waals surface area contributed by atoms with Crippen LogP contribution in [-0.4, -0.2) is 16.6 Å². The molecule has 0 bridgehead atoms. The fourth-order valence-electron chi connectivity index (χ4n) is 2.74. The Morgan fingerprint density at radius 3 is 2.68 bits per heavy atom. The lowest BCUT2D eigenvalue weighted by Crippen LogP contribution is -2.29. The molecule has 0 saturated heterocycles. The standard InChI is InChI=1S/C17H19NO/c1-13-6-7-16(17(19)10-13)12-18-9-8-14-4-2-3-5-15(14)11-18/h2-7,10,19H,8-9,11-12H2,1H3. The zero-order chi connectivity index (χ0) is 13.2. The Balaban J connectivity index is 1.75. The van der Waals surface area contributed by atoms with Gasteiger partial charge in [-0.1, -0.05) is 36.4 Å². The van der Waals surface area contributed by atoms with Crippen molar-refractivity contribution in [3.8, 4) is 5.75 Å². The second-order valence-corrected chi connectivity index (χ2v) is 5.36. The van der Waals surface area contributed by atoms with Crippen LogP contribution in [0, 0.1) is 6.92 Å². The van der Waals surface area contributed by atoms with Crippen molar-refractivity contribution in [1.82, 2.24) is 4.90 Å². The Morgan fingerprint density at radius 1 is 1.11 bits per heavy atom. The number of aryl methyl sites for hydroxylation is 1. The summed E-state index contributed by atoms with van der Waals surface area (Å²) in [5, 5.41) is 9.99. The van der Waals surface area contributed by atoms with Crippen molar-refractivity contribution < 1.29 is 5.11 Å². The van der Waals surface area contributed by atoms with E-state index in [1.165, 1.54) is 11.1 Å². The molecule has 0 aromatic heterocycles. The highest BCUT2D eigenvalue weighted by Gasteiger charge is 2.16. The third-order valence-corrected chi connectivity index (χ3v) is 3.84. The molecule has 2 aromatic rings. The van der Waals surface area contributed by atoms with Crippen LogP contribution in [-0.2, 0) is 19.5 Å². The lowest BCUT2D eigenvalue weighted by molar-refractivity contribution is 0.242. The number of benzene rings is 2. The summed E-state index contributed by atoms with van der Waals surface area (Å²) in [5.41, 5.74) is 5.00. The van der Waals surface area contributed by atoms with Gasteiger partial charge in [-0.2, -0.15) is 0 Å². The molecule has 3 rings (SSSR count). The van der Waals surface area contributed by atoms with E-state index in [0.717, 1.165) is 37.2 Å². The fraction of sp³-hybridized carbons (Fsp3) is 0.294. The van der Waals surface area contributed by atoms with Crippen molar-refractivity contribution in [3.05, 3.63) is 64.7 Å². The summed E-state index contributed by atoms with van der Waals surface area (Å²) in [6, 6.07) is 14.6. The lowest BCUT2D eigenvalue weighted by Gasteiger charge is -2.28. The molecule has 1 heterocycles. The van der Waals surface area contributed by atoms with E-state index >= 15 is 0 Å². The van der Waals surface area contributed by atoms with Gasteiger partial charge in [0.05, 0.1) is 0 Å². The number of rotatable bonds is 2. The van der Waals surface area contributed by atoms with Gasteiger partial charge in [0.2, 0.25) is 0 Å². The van der Waals surface area contributed by atoms with Gasteiger partial charge in [0.15, 0.2) is 0 Å². The first-order valence-electron chi connectivity index (χ1n) is 6.80. The number of fused-ring (bicyclic) bond motifs is 1. The maximum atomic E-state index is 9.99. The minimum atomic E-state index is 0.416. The summed E-state index contributed by atoms with van der Waals surface area (Å²) in [4.78, 5) is 2.40. The second-order valence-electron chi connectivity index (χ2n) is 5.36. The monoisotopic (exact) mass is 253 g/mol. The fourth-order valence-corrected chi connectivity index (χ4v) is 2.74. The topological polar surface area (TPSA) is 23.5 Å². The van der Waals surface area contributed by atoms with Gasteiger partial charge in [-0.05, 0) is 36.1 Å². The first-order chi connectivity index (χ1) is 9.22. The van der Waals surface area contributed by atoms with Crippen molar-refractivity contribution in [2.75, 3.05) is 6.54 Å². The molecule has 2 aromatic carbocycles. The summed E-state index contributed by atoms with van der Waals surface area (Å²) in [5.74, 6) is 0.416. The Kier molecular flexibility index (Phi) is 3.26. The molecule has 2 nitrogen and oxygen atoms in total. The average Bonchev–Trinajstić information content (AvgIpc) is 2.42. The lowest BCUT2D eigenvalue weighted by atomic mass is 9.99. The number of phenolic OH excluding ortho intramolecular Hbond substituents is 1. The van der Waals surface area contributed by atoms with Gasteiger partial charge in [0, 0.05) is 25.2 Å². The number of phenols is 1. The maximum Gasteiger partial charge on any atom is 0.120 e. The molecular formula is C17H19NO. The number of nitrogens with zero attached hydrogens (tertiary/aromatic N) is 1. The van der Waals surface area contributed by atoms with Crippen molar-refractivity contribution >= 4 is 0 Å². The zero-order valence-electron chi connectivity index (χ0n) is 11.3. The summed E-state index contributed by atoms with van der Waals surface area (Å²) in [6.45, 7) is 4.86. The van der Waals surface area contributed by atoms with Crippen molar-refractivity contribution in [2.24, 2.45) is 0 Å². The van der Waals surface area contributed by atoms with E-state index in [4.69, 9.17) is 0 Å². The second kappa shape index (κ2) is 5.06. The van der Waals surface area contributed by atoms with Crippen LogP contribution in [0.25, 0.3) is 0 Å². The number of aromatic hydroxyl groups is 1. The van der Waals surface area contributed by atoms with Crippen LogP contribution in [0.4, 0.5) is 0 Å². The van der Waals surface area contributed by atoms with Gasteiger partial charge in [-0.3, -0.25) is 4.90 Å². The predicted octanol–water partition coefficient (Wildman–Crippen LogP) is 3.26. The highest BCUT2D eigenvalue weighted by Crippen LogP contribution is 2.24. The van der Waals surface area contributed by atoms with E-state index in [0.29, 0.717) is 5.75 Å².